The Hall–Kier alpha value is -1.79. The number of likely N-dealkylation sites (tertiary alicyclic amines) is 1. The number of amides is 1. The standard InChI is InChI=1S/C26H32Cl2N2O3/c1-30-10-9-26(18-5-4-6-20(13-18)32-2)15-19(14-24(33-3)21(26)16-30)29-25(31)12-17-7-8-22(27)23(28)11-17/h4-8,11,13,19,21,24H,9-10,12,14-16H2,1-3H3,(H,29,31)/t19-,21?,24?,26?/m1/s1. The van der Waals surface area contributed by atoms with Crippen LogP contribution in [0.3, 0.4) is 0 Å². The summed E-state index contributed by atoms with van der Waals surface area (Å²) >= 11 is 12.1. The first kappa shape index (κ1) is 24.3. The summed E-state index contributed by atoms with van der Waals surface area (Å²) in [5, 5.41) is 4.25. The Morgan fingerprint density at radius 3 is 2.73 bits per heavy atom. The molecule has 1 aliphatic heterocycles. The summed E-state index contributed by atoms with van der Waals surface area (Å²) in [6.07, 6.45) is 3.02. The van der Waals surface area contributed by atoms with Gasteiger partial charge in [0.1, 0.15) is 5.75 Å². The van der Waals surface area contributed by atoms with Crippen LogP contribution in [-0.4, -0.2) is 57.3 Å². The van der Waals surface area contributed by atoms with Gasteiger partial charge in [-0.2, -0.15) is 0 Å². The van der Waals surface area contributed by atoms with Gasteiger partial charge in [0.2, 0.25) is 5.91 Å². The molecule has 1 amide bonds. The van der Waals surface area contributed by atoms with Crippen LogP contribution in [-0.2, 0) is 21.4 Å². The Morgan fingerprint density at radius 2 is 2.00 bits per heavy atom. The highest BCUT2D eigenvalue weighted by atomic mass is 35.5. The number of ether oxygens (including phenoxy) is 2. The van der Waals surface area contributed by atoms with E-state index in [0.717, 1.165) is 43.7 Å². The van der Waals surface area contributed by atoms with Crippen molar-refractivity contribution in [3.8, 4) is 5.75 Å². The molecule has 33 heavy (non-hydrogen) atoms. The van der Waals surface area contributed by atoms with Gasteiger partial charge in [0.05, 0.1) is 29.7 Å². The van der Waals surface area contributed by atoms with Crippen molar-refractivity contribution in [2.75, 3.05) is 34.4 Å². The van der Waals surface area contributed by atoms with Gasteiger partial charge < -0.3 is 19.7 Å². The third kappa shape index (κ3) is 5.17. The van der Waals surface area contributed by atoms with Crippen molar-refractivity contribution in [2.45, 2.75) is 43.2 Å². The molecule has 2 aromatic rings. The number of nitrogens with zero attached hydrogens (tertiary/aromatic N) is 1. The monoisotopic (exact) mass is 490 g/mol. The van der Waals surface area contributed by atoms with Crippen molar-refractivity contribution >= 4 is 29.1 Å². The lowest BCUT2D eigenvalue weighted by Gasteiger charge is -2.55. The summed E-state index contributed by atoms with van der Waals surface area (Å²) in [4.78, 5) is 15.4. The number of halogens is 2. The largest absolute Gasteiger partial charge is 0.497 e. The maximum absolute atomic E-state index is 13.0. The van der Waals surface area contributed by atoms with Gasteiger partial charge in [-0.15, -0.1) is 0 Å². The van der Waals surface area contributed by atoms with Crippen LogP contribution in [0.4, 0.5) is 0 Å². The molecule has 2 fully saturated rings. The average molecular weight is 491 g/mol. The van der Waals surface area contributed by atoms with Crippen LogP contribution in [0, 0.1) is 5.92 Å². The molecule has 7 heteroatoms. The van der Waals surface area contributed by atoms with Gasteiger partial charge in [-0.05, 0) is 68.2 Å². The second-order valence-electron chi connectivity index (χ2n) is 9.41. The van der Waals surface area contributed by atoms with Crippen molar-refractivity contribution in [3.05, 3.63) is 63.6 Å². The van der Waals surface area contributed by atoms with E-state index in [1.165, 1.54) is 5.56 Å². The van der Waals surface area contributed by atoms with E-state index in [0.29, 0.717) is 16.0 Å². The molecule has 178 valence electrons. The molecule has 2 aromatic carbocycles. The highest BCUT2D eigenvalue weighted by molar-refractivity contribution is 6.42. The van der Waals surface area contributed by atoms with Crippen molar-refractivity contribution in [1.82, 2.24) is 10.2 Å². The van der Waals surface area contributed by atoms with Crippen molar-refractivity contribution in [2.24, 2.45) is 5.92 Å². The second-order valence-corrected chi connectivity index (χ2v) is 10.2. The Morgan fingerprint density at radius 1 is 1.18 bits per heavy atom. The predicted octanol–water partition coefficient (Wildman–Crippen LogP) is 4.73. The number of nitrogens with one attached hydrogen (secondary N) is 1. The zero-order chi connectivity index (χ0) is 23.6. The van der Waals surface area contributed by atoms with Gasteiger partial charge >= 0.3 is 0 Å². The lowest BCUT2D eigenvalue weighted by Crippen LogP contribution is -2.60. The van der Waals surface area contributed by atoms with Gasteiger partial charge in [0, 0.05) is 31.0 Å². The minimum absolute atomic E-state index is 0.0135. The van der Waals surface area contributed by atoms with Crippen molar-refractivity contribution < 1.29 is 14.3 Å². The molecular formula is C26H32Cl2N2O3. The summed E-state index contributed by atoms with van der Waals surface area (Å²) < 4.78 is 11.6. The highest BCUT2D eigenvalue weighted by Gasteiger charge is 2.52. The van der Waals surface area contributed by atoms with Crippen molar-refractivity contribution in [1.29, 1.82) is 0 Å². The van der Waals surface area contributed by atoms with Crippen LogP contribution in [0.15, 0.2) is 42.5 Å². The SMILES string of the molecule is COc1cccc(C23CCN(C)CC2C(OC)C[C@@H](NC(=O)Cc2ccc(Cl)c(Cl)c2)C3)c1. The quantitative estimate of drug-likeness (QED) is 0.635. The molecule has 1 heterocycles. The van der Waals surface area contributed by atoms with Crippen LogP contribution in [0.25, 0.3) is 0 Å². The van der Waals surface area contributed by atoms with Crippen LogP contribution >= 0.6 is 23.2 Å². The predicted molar refractivity (Wildman–Crippen MR) is 132 cm³/mol. The molecule has 4 rings (SSSR count). The minimum Gasteiger partial charge on any atom is -0.497 e. The first-order valence-electron chi connectivity index (χ1n) is 11.4. The van der Waals surface area contributed by atoms with Gasteiger partial charge in [0.15, 0.2) is 0 Å². The van der Waals surface area contributed by atoms with E-state index in [-0.39, 0.29) is 29.9 Å². The van der Waals surface area contributed by atoms with E-state index >= 15 is 0 Å². The third-order valence-electron chi connectivity index (χ3n) is 7.40. The lowest BCUT2D eigenvalue weighted by atomic mass is 9.57. The molecule has 0 aromatic heterocycles. The molecule has 5 nitrogen and oxygen atoms in total. The van der Waals surface area contributed by atoms with Crippen LogP contribution in [0.5, 0.6) is 5.75 Å². The summed E-state index contributed by atoms with van der Waals surface area (Å²) in [6, 6.07) is 13.8. The van der Waals surface area contributed by atoms with E-state index in [1.807, 2.05) is 12.1 Å². The molecule has 0 radical (unpaired) electrons. The number of rotatable bonds is 6. The topological polar surface area (TPSA) is 50.8 Å². The van der Waals surface area contributed by atoms with Crippen LogP contribution in [0.2, 0.25) is 10.0 Å². The van der Waals surface area contributed by atoms with E-state index in [1.54, 1.807) is 26.4 Å². The fourth-order valence-electron chi connectivity index (χ4n) is 5.77. The molecule has 0 bridgehead atoms. The normalized spacial score (nSPS) is 27.6. The number of carbonyl (C=O) groups is 1. The maximum Gasteiger partial charge on any atom is 0.224 e. The summed E-state index contributed by atoms with van der Waals surface area (Å²) in [5.41, 5.74) is 2.03. The first-order chi connectivity index (χ1) is 15.8. The summed E-state index contributed by atoms with van der Waals surface area (Å²) in [7, 11) is 5.66. The number of piperidine rings is 1. The Kier molecular flexibility index (Phi) is 7.54. The molecule has 1 N–H and O–H groups in total. The average Bonchev–Trinajstić information content (AvgIpc) is 2.81. The van der Waals surface area contributed by atoms with Gasteiger partial charge in [-0.3, -0.25) is 4.79 Å². The van der Waals surface area contributed by atoms with E-state index < -0.39 is 0 Å². The number of benzene rings is 2. The fourth-order valence-corrected chi connectivity index (χ4v) is 6.09. The molecule has 3 unspecified atom stereocenters. The zero-order valence-corrected chi connectivity index (χ0v) is 21.0. The van der Waals surface area contributed by atoms with Crippen LogP contribution in [0.1, 0.15) is 30.4 Å². The Balaban J connectivity index is 1.59. The first-order valence-corrected chi connectivity index (χ1v) is 12.2. The number of methoxy groups -OCH3 is 2. The van der Waals surface area contributed by atoms with E-state index in [4.69, 9.17) is 32.7 Å². The number of fused-ring (bicyclic) bond motifs is 1. The highest BCUT2D eigenvalue weighted by Crippen LogP contribution is 2.50. The number of hydrogen-bond acceptors (Lipinski definition) is 4. The molecule has 0 spiro atoms. The molecule has 4 atom stereocenters. The number of hydrogen-bond donors (Lipinski definition) is 1. The maximum atomic E-state index is 13.0. The van der Waals surface area contributed by atoms with Gasteiger partial charge in [-0.1, -0.05) is 41.4 Å². The summed E-state index contributed by atoms with van der Waals surface area (Å²) in [6.45, 7) is 1.98. The second kappa shape index (κ2) is 10.2. The zero-order valence-electron chi connectivity index (χ0n) is 19.4. The van der Waals surface area contributed by atoms with Crippen LogP contribution < -0.4 is 10.1 Å². The molecule has 2 aliphatic rings. The summed E-state index contributed by atoms with van der Waals surface area (Å²) in [5.74, 6) is 1.19. The van der Waals surface area contributed by atoms with Gasteiger partial charge in [-0.25, -0.2) is 0 Å². The molecule has 1 saturated heterocycles. The third-order valence-corrected chi connectivity index (χ3v) is 8.13. The van der Waals surface area contributed by atoms with E-state index in [2.05, 4.69) is 35.5 Å². The number of carbonyl (C=O) groups excluding carboxylic acids is 1. The minimum atomic E-state index is -0.0818. The van der Waals surface area contributed by atoms with E-state index in [9.17, 15) is 4.79 Å². The fraction of sp³-hybridized carbons (Fsp3) is 0.500. The Labute approximate surface area is 206 Å². The molecular weight excluding hydrogens is 459 g/mol. The van der Waals surface area contributed by atoms with Gasteiger partial charge in [0.25, 0.3) is 0 Å². The molecule has 1 saturated carbocycles. The smallest absolute Gasteiger partial charge is 0.224 e. The Bertz CT molecular complexity index is 1000. The molecule has 1 aliphatic carbocycles. The lowest BCUT2D eigenvalue weighted by molar-refractivity contribution is -0.123. The van der Waals surface area contributed by atoms with Crippen molar-refractivity contribution in [3.63, 3.8) is 0 Å².